The van der Waals surface area contributed by atoms with Gasteiger partial charge >= 0.3 is 0 Å². The third kappa shape index (κ3) is 3.72. The van der Waals surface area contributed by atoms with E-state index in [0.29, 0.717) is 19.5 Å². The van der Waals surface area contributed by atoms with Crippen molar-refractivity contribution in [3.63, 3.8) is 0 Å². The van der Waals surface area contributed by atoms with Crippen LogP contribution in [0.2, 0.25) is 0 Å². The third-order valence-corrected chi connectivity index (χ3v) is 4.57. The van der Waals surface area contributed by atoms with Gasteiger partial charge in [-0.1, -0.05) is 0 Å². The third-order valence-electron chi connectivity index (χ3n) is 3.42. The Kier molecular flexibility index (Phi) is 4.82. The van der Waals surface area contributed by atoms with Crippen LogP contribution in [0, 0.1) is 13.8 Å². The fourth-order valence-corrected chi connectivity index (χ4v) is 2.45. The molecular weight excluding hydrogens is 334 g/mol. The number of hydrogen-bond acceptors (Lipinski definition) is 3. The van der Waals surface area contributed by atoms with Crippen molar-refractivity contribution in [2.75, 3.05) is 7.05 Å². The van der Waals surface area contributed by atoms with Crippen molar-refractivity contribution in [3.8, 4) is 0 Å². The van der Waals surface area contributed by atoms with E-state index in [1.54, 1.807) is 16.6 Å². The summed E-state index contributed by atoms with van der Waals surface area (Å²) in [4.78, 5) is 13.9. The molecule has 0 fully saturated rings. The Balaban J connectivity index is 1.90. The predicted octanol–water partition coefficient (Wildman–Crippen LogP) is 2.04. The number of rotatable bonds is 5. The summed E-state index contributed by atoms with van der Waals surface area (Å²) in [5, 5.41) is 8.69. The molecule has 2 aromatic rings. The monoisotopic (exact) mass is 353 g/mol. The zero-order valence-electron chi connectivity index (χ0n) is 12.8. The molecule has 0 aliphatic carbocycles. The van der Waals surface area contributed by atoms with Gasteiger partial charge in [0, 0.05) is 32.4 Å². The van der Waals surface area contributed by atoms with Crippen molar-refractivity contribution in [2.24, 2.45) is 7.05 Å². The maximum Gasteiger partial charge on any atom is 0.224 e. The van der Waals surface area contributed by atoms with Gasteiger partial charge in [-0.15, -0.1) is 0 Å². The van der Waals surface area contributed by atoms with Crippen LogP contribution < -0.4 is 0 Å². The molecule has 2 heterocycles. The minimum absolute atomic E-state index is 0.0873. The zero-order chi connectivity index (χ0) is 15.6. The van der Waals surface area contributed by atoms with Crippen molar-refractivity contribution >= 4 is 21.8 Å². The van der Waals surface area contributed by atoms with Crippen LogP contribution in [0.4, 0.5) is 0 Å². The normalized spacial score (nSPS) is 10.9. The van der Waals surface area contributed by atoms with Crippen LogP contribution in [0.25, 0.3) is 0 Å². The van der Waals surface area contributed by atoms with Crippen molar-refractivity contribution in [2.45, 2.75) is 33.4 Å². The minimum atomic E-state index is 0.0873. The highest BCUT2D eigenvalue weighted by Crippen LogP contribution is 2.19. The van der Waals surface area contributed by atoms with Crippen LogP contribution in [0.3, 0.4) is 0 Å². The molecule has 114 valence electrons. The van der Waals surface area contributed by atoms with Gasteiger partial charge in [0.15, 0.2) is 0 Å². The number of carbonyl (C=O) groups excluding carboxylic acids is 1. The van der Waals surface area contributed by atoms with E-state index in [4.69, 9.17) is 0 Å². The number of amides is 1. The predicted molar refractivity (Wildman–Crippen MR) is 83.7 cm³/mol. The summed E-state index contributed by atoms with van der Waals surface area (Å²) in [6, 6.07) is 1.92. The highest BCUT2D eigenvalue weighted by atomic mass is 79.9. The van der Waals surface area contributed by atoms with E-state index in [2.05, 4.69) is 26.1 Å². The molecule has 0 saturated carbocycles. The van der Waals surface area contributed by atoms with E-state index in [1.165, 1.54) is 0 Å². The summed E-state index contributed by atoms with van der Waals surface area (Å²) >= 11 is 3.49. The Bertz CT molecular complexity index is 646. The van der Waals surface area contributed by atoms with E-state index in [1.807, 2.05) is 37.8 Å². The van der Waals surface area contributed by atoms with Gasteiger partial charge in [0.2, 0.25) is 5.91 Å². The first-order chi connectivity index (χ1) is 9.88. The van der Waals surface area contributed by atoms with Crippen LogP contribution >= 0.6 is 15.9 Å². The first kappa shape index (κ1) is 15.8. The Hall–Kier alpha value is -1.63. The van der Waals surface area contributed by atoms with E-state index in [9.17, 15) is 4.79 Å². The molecule has 0 aliphatic heterocycles. The molecule has 2 aromatic heterocycles. The maximum absolute atomic E-state index is 12.2. The van der Waals surface area contributed by atoms with Crippen molar-refractivity contribution in [1.82, 2.24) is 24.5 Å². The Labute approximate surface area is 132 Å². The van der Waals surface area contributed by atoms with E-state index < -0.39 is 0 Å². The van der Waals surface area contributed by atoms with Crippen LogP contribution in [0.5, 0.6) is 0 Å². The smallest absolute Gasteiger partial charge is 0.224 e. The molecule has 7 heteroatoms. The van der Waals surface area contributed by atoms with Crippen molar-refractivity contribution in [3.05, 3.63) is 33.8 Å². The van der Waals surface area contributed by atoms with E-state index in [-0.39, 0.29) is 5.91 Å². The Morgan fingerprint density at radius 3 is 2.62 bits per heavy atom. The molecule has 2 rings (SSSR count). The van der Waals surface area contributed by atoms with Crippen molar-refractivity contribution < 1.29 is 4.79 Å². The topological polar surface area (TPSA) is 56.0 Å². The summed E-state index contributed by atoms with van der Waals surface area (Å²) in [7, 11) is 3.67. The number of aryl methyl sites for hydroxylation is 3. The number of aromatic nitrogens is 4. The van der Waals surface area contributed by atoms with Gasteiger partial charge in [-0.05, 0) is 35.8 Å². The van der Waals surface area contributed by atoms with Gasteiger partial charge < -0.3 is 4.90 Å². The number of carbonyl (C=O) groups is 1. The lowest BCUT2D eigenvalue weighted by molar-refractivity contribution is -0.130. The largest absolute Gasteiger partial charge is 0.340 e. The molecule has 0 aliphatic rings. The van der Waals surface area contributed by atoms with Gasteiger partial charge in [0.05, 0.1) is 29.0 Å². The van der Waals surface area contributed by atoms with Gasteiger partial charge in [-0.2, -0.15) is 10.2 Å². The van der Waals surface area contributed by atoms with Gasteiger partial charge in [-0.3, -0.25) is 14.2 Å². The first-order valence-corrected chi connectivity index (χ1v) is 7.59. The standard InChI is InChI=1S/C14H20BrN5O/c1-10-14(15)11(2)20(16-10)8-6-13(21)18(3)9-12-5-7-19(4)17-12/h5,7H,6,8-9H2,1-4H3. The maximum atomic E-state index is 12.2. The highest BCUT2D eigenvalue weighted by molar-refractivity contribution is 9.10. The zero-order valence-corrected chi connectivity index (χ0v) is 14.4. The average molecular weight is 354 g/mol. The molecule has 0 saturated heterocycles. The number of hydrogen-bond donors (Lipinski definition) is 0. The lowest BCUT2D eigenvalue weighted by Crippen LogP contribution is -2.27. The first-order valence-electron chi connectivity index (χ1n) is 6.80. The highest BCUT2D eigenvalue weighted by Gasteiger charge is 2.13. The molecular formula is C14H20BrN5O. The molecule has 6 nitrogen and oxygen atoms in total. The fourth-order valence-electron chi connectivity index (χ4n) is 2.16. The molecule has 0 unspecified atom stereocenters. The van der Waals surface area contributed by atoms with Crippen LogP contribution in [0.1, 0.15) is 23.5 Å². The summed E-state index contributed by atoms with van der Waals surface area (Å²) in [5.41, 5.74) is 2.89. The van der Waals surface area contributed by atoms with Crippen molar-refractivity contribution in [1.29, 1.82) is 0 Å². The molecule has 0 atom stereocenters. The molecule has 0 bridgehead atoms. The molecule has 0 spiro atoms. The second-order valence-electron chi connectivity index (χ2n) is 5.19. The van der Waals surface area contributed by atoms with Crippen LogP contribution in [-0.4, -0.2) is 37.4 Å². The van der Waals surface area contributed by atoms with Gasteiger partial charge in [-0.25, -0.2) is 0 Å². The molecule has 1 amide bonds. The SMILES string of the molecule is Cc1nn(CCC(=O)N(C)Cc2ccn(C)n2)c(C)c1Br. The second kappa shape index (κ2) is 6.43. The summed E-state index contributed by atoms with van der Waals surface area (Å²) in [6.07, 6.45) is 2.30. The molecule has 21 heavy (non-hydrogen) atoms. The summed E-state index contributed by atoms with van der Waals surface area (Å²) in [6.45, 7) is 5.05. The second-order valence-corrected chi connectivity index (χ2v) is 5.98. The van der Waals surface area contributed by atoms with Gasteiger partial charge in [0.25, 0.3) is 0 Å². The van der Waals surface area contributed by atoms with Crippen LogP contribution in [-0.2, 0) is 24.9 Å². The fraction of sp³-hybridized carbons (Fsp3) is 0.500. The molecule has 0 N–H and O–H groups in total. The van der Waals surface area contributed by atoms with Crippen LogP contribution in [0.15, 0.2) is 16.7 Å². The Morgan fingerprint density at radius 1 is 1.38 bits per heavy atom. The van der Waals surface area contributed by atoms with E-state index >= 15 is 0 Å². The van der Waals surface area contributed by atoms with Gasteiger partial charge in [0.1, 0.15) is 0 Å². The molecule has 0 aromatic carbocycles. The summed E-state index contributed by atoms with van der Waals surface area (Å²) in [5.74, 6) is 0.0873. The minimum Gasteiger partial charge on any atom is -0.340 e. The molecule has 0 radical (unpaired) electrons. The summed E-state index contributed by atoms with van der Waals surface area (Å²) < 4.78 is 4.62. The number of halogens is 1. The average Bonchev–Trinajstić information content (AvgIpc) is 2.95. The lowest BCUT2D eigenvalue weighted by Gasteiger charge is -2.16. The quantitative estimate of drug-likeness (QED) is 0.826. The lowest BCUT2D eigenvalue weighted by atomic mass is 10.3. The Morgan fingerprint density at radius 2 is 2.10 bits per heavy atom. The number of nitrogens with zero attached hydrogens (tertiary/aromatic N) is 5. The van der Waals surface area contributed by atoms with E-state index in [0.717, 1.165) is 21.6 Å².